The van der Waals surface area contributed by atoms with Crippen LogP contribution in [-0.4, -0.2) is 5.97 Å². The lowest BCUT2D eigenvalue weighted by Crippen LogP contribution is -2.17. The van der Waals surface area contributed by atoms with Crippen LogP contribution in [-0.2, 0) is 14.7 Å². The molecule has 1 unspecified atom stereocenters. The van der Waals surface area contributed by atoms with Gasteiger partial charge in [-0.3, -0.25) is 4.89 Å². The molecule has 0 radical (unpaired) electrons. The van der Waals surface area contributed by atoms with Gasteiger partial charge < -0.3 is 0 Å². The second-order valence-electron chi connectivity index (χ2n) is 2.71. The first-order valence-corrected chi connectivity index (χ1v) is 3.76. The molecular formula is C8H5F2NO3. The van der Waals surface area contributed by atoms with Crippen molar-refractivity contribution in [3.8, 4) is 0 Å². The van der Waals surface area contributed by atoms with Crippen molar-refractivity contribution in [2.24, 2.45) is 0 Å². The van der Waals surface area contributed by atoms with E-state index in [0.717, 1.165) is 12.1 Å². The smallest absolute Gasteiger partial charge is 0.278 e. The fourth-order valence-electron chi connectivity index (χ4n) is 1.11. The quantitative estimate of drug-likeness (QED) is 0.688. The minimum absolute atomic E-state index is 0.242. The van der Waals surface area contributed by atoms with Crippen LogP contribution in [0, 0.1) is 11.6 Å². The summed E-state index contributed by atoms with van der Waals surface area (Å²) in [6.45, 7) is 0. The van der Waals surface area contributed by atoms with Crippen LogP contribution in [0.3, 0.4) is 0 Å². The average Bonchev–Trinajstić information content (AvgIpc) is 2.57. The van der Waals surface area contributed by atoms with Crippen molar-refractivity contribution >= 4 is 5.97 Å². The van der Waals surface area contributed by atoms with Gasteiger partial charge in [-0.15, -0.1) is 5.48 Å². The molecular weight excluding hydrogens is 196 g/mol. The molecule has 74 valence electrons. The van der Waals surface area contributed by atoms with Crippen LogP contribution in [0.1, 0.15) is 11.6 Å². The van der Waals surface area contributed by atoms with Crippen LogP contribution in [0.5, 0.6) is 0 Å². The minimum Gasteiger partial charge on any atom is -0.278 e. The molecule has 1 N–H and O–H groups in total. The molecule has 1 aliphatic rings. The molecule has 1 fully saturated rings. The SMILES string of the molecule is O=C1OONC1c1ccc(F)c(F)c1. The first-order valence-electron chi connectivity index (χ1n) is 3.76. The van der Waals surface area contributed by atoms with Gasteiger partial charge in [-0.25, -0.2) is 13.6 Å². The lowest BCUT2D eigenvalue weighted by molar-refractivity contribution is -0.272. The normalized spacial score (nSPS) is 21.0. The van der Waals surface area contributed by atoms with Crippen LogP contribution in [0.2, 0.25) is 0 Å². The Kier molecular flexibility index (Phi) is 2.14. The van der Waals surface area contributed by atoms with E-state index in [1.165, 1.54) is 6.07 Å². The van der Waals surface area contributed by atoms with E-state index in [1.54, 1.807) is 0 Å². The molecule has 0 saturated carbocycles. The Hall–Kier alpha value is -1.53. The van der Waals surface area contributed by atoms with Gasteiger partial charge in [0.1, 0.15) is 0 Å². The van der Waals surface area contributed by atoms with Crippen molar-refractivity contribution in [1.29, 1.82) is 0 Å². The van der Waals surface area contributed by atoms with Crippen molar-refractivity contribution < 1.29 is 23.5 Å². The summed E-state index contributed by atoms with van der Waals surface area (Å²) in [7, 11) is 0. The molecule has 1 aromatic rings. The maximum absolute atomic E-state index is 12.8. The molecule has 1 heterocycles. The summed E-state index contributed by atoms with van der Waals surface area (Å²) in [5.41, 5.74) is 2.45. The van der Waals surface area contributed by atoms with Gasteiger partial charge >= 0.3 is 5.97 Å². The summed E-state index contributed by atoms with van der Waals surface area (Å²) in [4.78, 5) is 19.2. The highest BCUT2D eigenvalue weighted by atomic mass is 19.2. The number of carbonyl (C=O) groups excluding carboxylic acids is 1. The van der Waals surface area contributed by atoms with Crippen molar-refractivity contribution in [2.45, 2.75) is 6.04 Å². The van der Waals surface area contributed by atoms with Crippen molar-refractivity contribution in [3.05, 3.63) is 35.4 Å². The van der Waals surface area contributed by atoms with Gasteiger partial charge in [-0.05, 0) is 17.7 Å². The Balaban J connectivity index is 2.32. The van der Waals surface area contributed by atoms with Gasteiger partial charge in [0.05, 0.1) is 0 Å². The van der Waals surface area contributed by atoms with E-state index in [1.807, 2.05) is 0 Å². The Bertz CT molecular complexity index is 383. The van der Waals surface area contributed by atoms with Gasteiger partial charge in [0.2, 0.25) is 0 Å². The standard InChI is InChI=1S/C8H5F2NO3/c9-5-2-1-4(3-6(5)10)7-8(12)13-14-11-7/h1-3,7,11H. The van der Waals surface area contributed by atoms with Crippen LogP contribution < -0.4 is 5.48 Å². The summed E-state index contributed by atoms with van der Waals surface area (Å²) >= 11 is 0. The maximum Gasteiger partial charge on any atom is 0.368 e. The Morgan fingerprint density at radius 3 is 2.64 bits per heavy atom. The highest BCUT2D eigenvalue weighted by Gasteiger charge is 2.30. The van der Waals surface area contributed by atoms with Crippen LogP contribution >= 0.6 is 0 Å². The molecule has 1 saturated heterocycles. The Morgan fingerprint density at radius 1 is 1.29 bits per heavy atom. The molecule has 1 atom stereocenters. The molecule has 0 amide bonds. The lowest BCUT2D eigenvalue weighted by atomic mass is 10.1. The van der Waals surface area contributed by atoms with Crippen LogP contribution in [0.15, 0.2) is 18.2 Å². The molecule has 4 nitrogen and oxygen atoms in total. The van der Waals surface area contributed by atoms with Gasteiger partial charge in [0.25, 0.3) is 0 Å². The van der Waals surface area contributed by atoms with E-state index >= 15 is 0 Å². The molecule has 0 spiro atoms. The monoisotopic (exact) mass is 201 g/mol. The molecule has 2 rings (SSSR count). The van der Waals surface area contributed by atoms with E-state index < -0.39 is 23.6 Å². The fourth-order valence-corrected chi connectivity index (χ4v) is 1.11. The third-order valence-electron chi connectivity index (χ3n) is 1.80. The van der Waals surface area contributed by atoms with E-state index in [4.69, 9.17) is 0 Å². The highest BCUT2D eigenvalue weighted by Crippen LogP contribution is 2.20. The third kappa shape index (κ3) is 1.45. The summed E-state index contributed by atoms with van der Waals surface area (Å²) in [5, 5.41) is 0. The number of nitrogens with one attached hydrogen (secondary N) is 1. The third-order valence-corrected chi connectivity index (χ3v) is 1.80. The molecule has 6 heteroatoms. The summed E-state index contributed by atoms with van der Waals surface area (Å²) < 4.78 is 25.3. The van der Waals surface area contributed by atoms with Gasteiger partial charge in [-0.2, -0.15) is 0 Å². The van der Waals surface area contributed by atoms with Crippen molar-refractivity contribution in [2.75, 3.05) is 0 Å². The number of halogens is 2. The fraction of sp³-hybridized carbons (Fsp3) is 0.125. The highest BCUT2D eigenvalue weighted by molar-refractivity contribution is 5.77. The molecule has 0 aromatic heterocycles. The Labute approximate surface area is 77.3 Å². The van der Waals surface area contributed by atoms with E-state index in [-0.39, 0.29) is 5.56 Å². The van der Waals surface area contributed by atoms with Crippen molar-refractivity contribution in [1.82, 2.24) is 5.48 Å². The van der Waals surface area contributed by atoms with Crippen molar-refractivity contribution in [3.63, 3.8) is 0 Å². The average molecular weight is 201 g/mol. The van der Waals surface area contributed by atoms with Gasteiger partial charge in [0, 0.05) is 0 Å². The number of carbonyl (C=O) groups is 1. The summed E-state index contributed by atoms with van der Waals surface area (Å²) in [6.07, 6.45) is 0. The Morgan fingerprint density at radius 2 is 2.07 bits per heavy atom. The minimum atomic E-state index is -1.02. The maximum atomic E-state index is 12.8. The molecule has 1 aliphatic heterocycles. The van der Waals surface area contributed by atoms with E-state index in [0.29, 0.717) is 0 Å². The van der Waals surface area contributed by atoms with Gasteiger partial charge in [0.15, 0.2) is 17.7 Å². The second-order valence-corrected chi connectivity index (χ2v) is 2.71. The summed E-state index contributed by atoms with van der Waals surface area (Å²) in [5.74, 6) is -2.69. The first-order chi connectivity index (χ1) is 6.68. The molecule has 14 heavy (non-hydrogen) atoms. The predicted octanol–water partition coefficient (Wildman–Crippen LogP) is 0.999. The zero-order chi connectivity index (χ0) is 10.1. The number of benzene rings is 1. The lowest BCUT2D eigenvalue weighted by Gasteiger charge is -2.03. The van der Waals surface area contributed by atoms with Gasteiger partial charge in [-0.1, -0.05) is 11.1 Å². The number of hydrogen-bond acceptors (Lipinski definition) is 4. The van der Waals surface area contributed by atoms with Crippen LogP contribution in [0.25, 0.3) is 0 Å². The van der Waals surface area contributed by atoms with E-state index in [2.05, 4.69) is 15.4 Å². The molecule has 0 aliphatic carbocycles. The van der Waals surface area contributed by atoms with E-state index in [9.17, 15) is 13.6 Å². The predicted molar refractivity (Wildman–Crippen MR) is 39.4 cm³/mol. The number of rotatable bonds is 1. The van der Waals surface area contributed by atoms with Crippen LogP contribution in [0.4, 0.5) is 8.78 Å². The number of hydroxylamine groups is 1. The molecule has 1 aromatic carbocycles. The number of hydrogen-bond donors (Lipinski definition) is 1. The summed E-state index contributed by atoms with van der Waals surface area (Å²) in [6, 6.07) is 2.19. The largest absolute Gasteiger partial charge is 0.368 e. The molecule has 0 bridgehead atoms. The zero-order valence-electron chi connectivity index (χ0n) is 6.79. The topological polar surface area (TPSA) is 47.6 Å². The second kappa shape index (κ2) is 3.32. The first kappa shape index (κ1) is 9.04. The zero-order valence-corrected chi connectivity index (χ0v) is 6.79.